The van der Waals surface area contributed by atoms with Crippen molar-refractivity contribution in [1.29, 1.82) is 0 Å². The van der Waals surface area contributed by atoms with Gasteiger partial charge in [0.15, 0.2) is 6.61 Å². The molecular formula is C20H19Cl2N5O3. The van der Waals surface area contributed by atoms with Gasteiger partial charge in [-0.3, -0.25) is 14.6 Å². The van der Waals surface area contributed by atoms with E-state index in [-0.39, 0.29) is 18.1 Å². The highest BCUT2D eigenvalue weighted by Crippen LogP contribution is 2.40. The molecule has 1 aromatic carbocycles. The first-order valence-electron chi connectivity index (χ1n) is 9.37. The Labute approximate surface area is 182 Å². The minimum absolute atomic E-state index is 0.243. The van der Waals surface area contributed by atoms with Crippen LogP contribution < -0.4 is 15.6 Å². The fourth-order valence-corrected chi connectivity index (χ4v) is 3.34. The molecule has 3 aromatic rings. The van der Waals surface area contributed by atoms with Crippen molar-refractivity contribution >= 4 is 34.9 Å². The molecule has 10 heteroatoms. The first kappa shape index (κ1) is 20.4. The molecule has 0 bridgehead atoms. The lowest BCUT2D eigenvalue weighted by Crippen LogP contribution is -2.23. The molecular weight excluding hydrogens is 429 g/mol. The molecule has 0 radical (unpaired) electrons. The quantitative estimate of drug-likeness (QED) is 0.598. The molecule has 1 fully saturated rings. The molecule has 1 saturated carbocycles. The first-order valence-corrected chi connectivity index (χ1v) is 10.1. The summed E-state index contributed by atoms with van der Waals surface area (Å²) in [7, 11) is 0. The van der Waals surface area contributed by atoms with Crippen LogP contribution in [0.5, 0.6) is 5.75 Å². The van der Waals surface area contributed by atoms with Crippen molar-refractivity contribution in [2.75, 3.05) is 11.9 Å². The van der Waals surface area contributed by atoms with Crippen LogP contribution in [0.25, 0.3) is 5.95 Å². The number of benzene rings is 1. The van der Waals surface area contributed by atoms with Crippen molar-refractivity contribution in [3.05, 3.63) is 61.6 Å². The number of aromatic amines is 1. The molecule has 4 rings (SSSR count). The van der Waals surface area contributed by atoms with Gasteiger partial charge in [0, 0.05) is 28.3 Å². The number of aryl methyl sites for hydroxylation is 1. The van der Waals surface area contributed by atoms with Gasteiger partial charge in [-0.05, 0) is 44.9 Å². The van der Waals surface area contributed by atoms with E-state index in [1.54, 1.807) is 32.0 Å². The summed E-state index contributed by atoms with van der Waals surface area (Å²) in [5.74, 6) is 0.939. The minimum Gasteiger partial charge on any atom is -0.482 e. The zero-order chi connectivity index (χ0) is 21.4. The second-order valence-electron chi connectivity index (χ2n) is 7.15. The highest BCUT2D eigenvalue weighted by molar-refractivity contribution is 6.35. The number of hydrogen-bond acceptors (Lipinski definition) is 5. The van der Waals surface area contributed by atoms with Crippen LogP contribution >= 0.6 is 23.2 Å². The zero-order valence-electron chi connectivity index (χ0n) is 16.3. The van der Waals surface area contributed by atoms with Gasteiger partial charge < -0.3 is 10.1 Å². The summed E-state index contributed by atoms with van der Waals surface area (Å²) in [5, 5.41) is 8.10. The van der Waals surface area contributed by atoms with Crippen LogP contribution in [-0.2, 0) is 4.79 Å². The van der Waals surface area contributed by atoms with Crippen LogP contribution in [0.1, 0.15) is 35.7 Å². The van der Waals surface area contributed by atoms with Crippen LogP contribution in [0, 0.1) is 13.8 Å². The lowest BCUT2D eigenvalue weighted by atomic mass is 10.3. The number of amides is 1. The fourth-order valence-electron chi connectivity index (χ4n) is 2.87. The number of H-pyrrole nitrogens is 1. The number of hydrogen-bond donors (Lipinski definition) is 2. The number of aromatic nitrogens is 4. The van der Waals surface area contributed by atoms with Crippen molar-refractivity contribution < 1.29 is 9.53 Å². The van der Waals surface area contributed by atoms with E-state index in [1.807, 2.05) is 0 Å². The largest absolute Gasteiger partial charge is 0.482 e. The van der Waals surface area contributed by atoms with Crippen molar-refractivity contribution in [1.82, 2.24) is 19.7 Å². The average molecular weight is 448 g/mol. The third-order valence-corrected chi connectivity index (χ3v) is 5.36. The van der Waals surface area contributed by atoms with E-state index in [2.05, 4.69) is 20.4 Å². The summed E-state index contributed by atoms with van der Waals surface area (Å²) in [6.07, 6.45) is 2.08. The Hall–Kier alpha value is -2.84. The maximum atomic E-state index is 12.5. The average Bonchev–Trinajstić information content (AvgIpc) is 3.46. The molecule has 8 nitrogen and oxygen atoms in total. The maximum Gasteiger partial charge on any atom is 0.263 e. The van der Waals surface area contributed by atoms with E-state index >= 15 is 0 Å². The van der Waals surface area contributed by atoms with E-state index in [4.69, 9.17) is 27.9 Å². The summed E-state index contributed by atoms with van der Waals surface area (Å²) in [4.78, 5) is 31.8. The van der Waals surface area contributed by atoms with E-state index in [1.165, 1.54) is 10.7 Å². The highest BCUT2D eigenvalue weighted by atomic mass is 35.5. The van der Waals surface area contributed by atoms with Gasteiger partial charge in [-0.2, -0.15) is 9.78 Å². The van der Waals surface area contributed by atoms with Gasteiger partial charge in [0.2, 0.25) is 5.95 Å². The second-order valence-corrected chi connectivity index (χ2v) is 8.00. The van der Waals surface area contributed by atoms with Crippen LogP contribution in [0.15, 0.2) is 29.1 Å². The Morgan fingerprint density at radius 3 is 2.73 bits per heavy atom. The number of ether oxygens (including phenoxy) is 1. The number of halogens is 2. The molecule has 1 amide bonds. The maximum absolute atomic E-state index is 12.5. The van der Waals surface area contributed by atoms with Gasteiger partial charge in [-0.1, -0.05) is 23.2 Å². The summed E-state index contributed by atoms with van der Waals surface area (Å²) in [6, 6.07) is 6.55. The van der Waals surface area contributed by atoms with Gasteiger partial charge in [-0.15, -0.1) is 0 Å². The molecule has 0 atom stereocenters. The van der Waals surface area contributed by atoms with Crippen molar-refractivity contribution in [2.24, 2.45) is 0 Å². The van der Waals surface area contributed by atoms with Gasteiger partial charge in [-0.25, -0.2) is 4.98 Å². The van der Waals surface area contributed by atoms with Crippen molar-refractivity contribution in [3.63, 3.8) is 0 Å². The number of carbonyl (C=O) groups is 1. The number of rotatable bonds is 6. The molecule has 0 unspecified atom stereocenters. The summed E-state index contributed by atoms with van der Waals surface area (Å²) in [5.41, 5.74) is 1.72. The van der Waals surface area contributed by atoms with Crippen LogP contribution in [0.2, 0.25) is 10.0 Å². The third-order valence-electron chi connectivity index (χ3n) is 4.83. The molecule has 2 N–H and O–H groups in total. The molecule has 2 aromatic heterocycles. The molecule has 1 aliphatic rings. The van der Waals surface area contributed by atoms with Crippen LogP contribution in [0.3, 0.4) is 0 Å². The molecule has 2 heterocycles. The predicted octanol–water partition coefficient (Wildman–Crippen LogP) is 3.77. The molecule has 1 aliphatic carbocycles. The summed E-state index contributed by atoms with van der Waals surface area (Å²) in [6.45, 7) is 3.19. The zero-order valence-corrected chi connectivity index (χ0v) is 17.8. The lowest BCUT2D eigenvalue weighted by Gasteiger charge is -2.11. The van der Waals surface area contributed by atoms with Gasteiger partial charge >= 0.3 is 0 Å². The van der Waals surface area contributed by atoms with Gasteiger partial charge in [0.1, 0.15) is 11.6 Å². The van der Waals surface area contributed by atoms with E-state index in [9.17, 15) is 9.59 Å². The van der Waals surface area contributed by atoms with E-state index in [0.29, 0.717) is 38.8 Å². The molecule has 0 aliphatic heterocycles. The van der Waals surface area contributed by atoms with Crippen molar-refractivity contribution in [2.45, 2.75) is 32.6 Å². The SMILES string of the molecule is Cc1nc(-n2nc(C3CC3)cc2NC(=O)COc2ccc(Cl)cc2Cl)[nH]c(=O)c1C. The smallest absolute Gasteiger partial charge is 0.263 e. The van der Waals surface area contributed by atoms with Crippen molar-refractivity contribution in [3.8, 4) is 11.7 Å². The first-order chi connectivity index (χ1) is 14.3. The Kier molecular flexibility index (Phi) is 5.53. The number of nitrogens with zero attached hydrogens (tertiary/aromatic N) is 3. The highest BCUT2D eigenvalue weighted by Gasteiger charge is 2.28. The Morgan fingerprint density at radius 1 is 1.30 bits per heavy atom. The van der Waals surface area contributed by atoms with Gasteiger partial charge in [0.25, 0.3) is 11.5 Å². The fraction of sp³-hybridized carbons (Fsp3) is 0.300. The van der Waals surface area contributed by atoms with E-state index < -0.39 is 5.91 Å². The summed E-state index contributed by atoms with van der Waals surface area (Å²) < 4.78 is 6.93. The molecule has 156 valence electrons. The third kappa shape index (κ3) is 4.34. The Balaban J connectivity index is 1.56. The predicted molar refractivity (Wildman–Crippen MR) is 114 cm³/mol. The monoisotopic (exact) mass is 447 g/mol. The van der Waals surface area contributed by atoms with Gasteiger partial charge in [0.05, 0.1) is 10.7 Å². The lowest BCUT2D eigenvalue weighted by molar-refractivity contribution is -0.118. The molecule has 0 spiro atoms. The number of nitrogens with one attached hydrogen (secondary N) is 2. The van der Waals surface area contributed by atoms with E-state index in [0.717, 1.165) is 18.5 Å². The summed E-state index contributed by atoms with van der Waals surface area (Å²) >= 11 is 11.9. The minimum atomic E-state index is -0.407. The molecule has 30 heavy (non-hydrogen) atoms. The molecule has 0 saturated heterocycles. The Bertz CT molecular complexity index is 1180. The van der Waals surface area contributed by atoms with Crippen LogP contribution in [0.4, 0.5) is 5.82 Å². The standard InChI is InChI=1S/C20H19Cl2N5O3/c1-10-11(2)23-20(25-19(10)29)27-17(8-15(26-27)12-3-4-12)24-18(28)9-30-16-6-5-13(21)7-14(16)22/h5-8,12H,3-4,9H2,1-2H3,(H,24,28)(H,23,25,29). The number of anilines is 1. The normalized spacial score (nSPS) is 13.3. The topological polar surface area (TPSA) is 102 Å². The number of carbonyl (C=O) groups excluding carboxylic acids is 1. The van der Waals surface area contributed by atoms with Crippen LogP contribution in [-0.4, -0.2) is 32.3 Å². The Morgan fingerprint density at radius 2 is 2.07 bits per heavy atom. The second kappa shape index (κ2) is 8.12.